The number of nitrogens with two attached hydrogens (primary N) is 1. The molecule has 0 aliphatic rings. The van der Waals surface area contributed by atoms with E-state index in [1.807, 2.05) is 5.32 Å². The molecule has 2 unspecified atom stereocenters. The van der Waals surface area contributed by atoms with E-state index in [4.69, 9.17) is 15.9 Å². The molecule has 0 rings (SSSR count). The molecule has 138 valence electrons. The number of hydrogen-bond donors (Lipinski definition) is 5. The highest BCUT2D eigenvalue weighted by molar-refractivity contribution is 8.69. The molecule has 0 spiro atoms. The molecule has 12 nitrogen and oxygen atoms in total. The molecule has 2 amide bonds. The molecule has 6 N–H and O–H groups in total. The van der Waals surface area contributed by atoms with Gasteiger partial charge >= 0.3 is 11.9 Å². The van der Waals surface area contributed by atoms with Crippen molar-refractivity contribution in [3.8, 4) is 0 Å². The van der Waals surface area contributed by atoms with Crippen LogP contribution >= 0.6 is 10.8 Å². The third kappa shape index (κ3) is 10.8. The van der Waals surface area contributed by atoms with Crippen molar-refractivity contribution in [1.82, 2.24) is 10.6 Å². The second-order valence-electron chi connectivity index (χ2n) is 4.41. The molecule has 0 heterocycles. The lowest BCUT2D eigenvalue weighted by Crippen LogP contribution is -2.49. The molecule has 2 atom stereocenters. The fourth-order valence-corrected chi connectivity index (χ4v) is 2.74. The summed E-state index contributed by atoms with van der Waals surface area (Å²) in [6, 6.07) is -2.79. The molecular formula is C10H16N3O9S2-. The van der Waals surface area contributed by atoms with E-state index in [2.05, 4.69) is 5.32 Å². The number of carboxylic acids is 2. The van der Waals surface area contributed by atoms with Crippen molar-refractivity contribution in [2.75, 3.05) is 12.3 Å². The van der Waals surface area contributed by atoms with Crippen molar-refractivity contribution in [3.63, 3.8) is 0 Å². The SMILES string of the molecule is NC(CCC(=O)NC(CSS(=O)(=O)[O-])C(=O)NCC(=O)O)C(=O)O. The standard InChI is InChI=1S/C10H17N3O9S2/c11-5(10(18)19)1-2-7(14)13-6(4-23-24(20,21)22)9(17)12-3-8(15)16/h5-6H,1-4,11H2,(H,12,17)(H,13,14)(H,15,16)(H,18,19)(H,20,21,22)/p-1. The zero-order valence-corrected chi connectivity index (χ0v) is 13.8. The highest BCUT2D eigenvalue weighted by Crippen LogP contribution is 2.11. The molecule has 24 heavy (non-hydrogen) atoms. The summed E-state index contributed by atoms with van der Waals surface area (Å²) < 4.78 is 31.8. The zero-order chi connectivity index (χ0) is 18.9. The van der Waals surface area contributed by atoms with Gasteiger partial charge in [0.25, 0.3) is 0 Å². The maximum atomic E-state index is 11.7. The molecule has 0 aromatic heterocycles. The van der Waals surface area contributed by atoms with E-state index in [1.165, 1.54) is 0 Å². The van der Waals surface area contributed by atoms with Crippen molar-refractivity contribution in [2.24, 2.45) is 5.73 Å². The number of aliphatic carboxylic acids is 2. The van der Waals surface area contributed by atoms with E-state index >= 15 is 0 Å². The van der Waals surface area contributed by atoms with Gasteiger partial charge in [-0.25, -0.2) is 8.42 Å². The van der Waals surface area contributed by atoms with E-state index in [0.29, 0.717) is 0 Å². The largest absolute Gasteiger partial charge is 0.739 e. The van der Waals surface area contributed by atoms with Gasteiger partial charge in [-0.05, 0) is 17.2 Å². The first-order chi connectivity index (χ1) is 10.9. The Labute approximate surface area is 140 Å². The van der Waals surface area contributed by atoms with Crippen molar-refractivity contribution in [2.45, 2.75) is 24.9 Å². The predicted molar refractivity (Wildman–Crippen MR) is 79.6 cm³/mol. The summed E-state index contributed by atoms with van der Waals surface area (Å²) in [6.07, 6.45) is -0.609. The monoisotopic (exact) mass is 386 g/mol. The Kier molecular flexibility index (Phi) is 9.27. The minimum atomic E-state index is -4.74. The normalized spacial score (nSPS) is 13.6. The first-order valence-corrected chi connectivity index (χ1v) is 9.21. The fourth-order valence-electron chi connectivity index (χ4n) is 1.30. The molecule has 0 bridgehead atoms. The smallest absolute Gasteiger partial charge is 0.322 e. The first kappa shape index (κ1) is 22.1. The molecule has 0 aliphatic carbocycles. The minimum absolute atomic E-state index is 0.150. The molecule has 0 saturated heterocycles. The number of carbonyl (C=O) groups is 4. The van der Waals surface area contributed by atoms with Crippen LogP contribution in [-0.2, 0) is 28.3 Å². The fraction of sp³-hybridized carbons (Fsp3) is 0.600. The van der Waals surface area contributed by atoms with Crippen LogP contribution in [0, 0.1) is 0 Å². The van der Waals surface area contributed by atoms with Crippen molar-refractivity contribution in [3.05, 3.63) is 0 Å². The highest BCUT2D eigenvalue weighted by atomic mass is 33.1. The predicted octanol–water partition coefficient (Wildman–Crippen LogP) is -2.94. The van der Waals surface area contributed by atoms with Gasteiger partial charge in [0, 0.05) is 12.2 Å². The average Bonchev–Trinajstić information content (AvgIpc) is 2.45. The second-order valence-corrected chi connectivity index (χ2v) is 7.73. The van der Waals surface area contributed by atoms with Gasteiger partial charge in [-0.15, -0.1) is 0 Å². The third-order valence-corrected chi connectivity index (χ3v) is 4.48. The van der Waals surface area contributed by atoms with Crippen LogP contribution in [0.2, 0.25) is 0 Å². The summed E-state index contributed by atoms with van der Waals surface area (Å²) in [5.74, 6) is -5.17. The molecular weight excluding hydrogens is 370 g/mol. The van der Waals surface area contributed by atoms with Crippen LogP contribution in [0.1, 0.15) is 12.8 Å². The lowest BCUT2D eigenvalue weighted by atomic mass is 10.1. The van der Waals surface area contributed by atoms with Crippen molar-refractivity contribution < 1.29 is 42.4 Å². The second kappa shape index (κ2) is 10.1. The molecule has 0 aromatic rings. The summed E-state index contributed by atoms with van der Waals surface area (Å²) in [6.45, 7) is -0.774. The quantitative estimate of drug-likeness (QED) is 0.179. The molecule has 0 radical (unpaired) electrons. The number of carboxylic acid groups (broad SMARTS) is 2. The van der Waals surface area contributed by atoms with Crippen LogP contribution in [-0.4, -0.2) is 71.3 Å². The summed E-state index contributed by atoms with van der Waals surface area (Å²) >= 11 is 0. The lowest BCUT2D eigenvalue weighted by Gasteiger charge is -2.18. The van der Waals surface area contributed by atoms with Gasteiger partial charge in [0.15, 0.2) is 0 Å². The van der Waals surface area contributed by atoms with E-state index in [1.54, 1.807) is 0 Å². The summed E-state index contributed by atoms with van der Waals surface area (Å²) in [5.41, 5.74) is 5.20. The van der Waals surface area contributed by atoms with Gasteiger partial charge in [-0.2, -0.15) is 0 Å². The topological polar surface area (TPSA) is 216 Å². The lowest BCUT2D eigenvalue weighted by molar-refractivity contribution is -0.139. The Morgan fingerprint density at radius 2 is 1.79 bits per heavy atom. The number of hydrogen-bond acceptors (Lipinski definition) is 9. The maximum Gasteiger partial charge on any atom is 0.322 e. The Hall–Kier alpha value is -1.90. The first-order valence-electron chi connectivity index (χ1n) is 6.30. The van der Waals surface area contributed by atoms with E-state index in [9.17, 15) is 32.1 Å². The van der Waals surface area contributed by atoms with Gasteiger partial charge < -0.3 is 31.1 Å². The van der Waals surface area contributed by atoms with Gasteiger partial charge in [0.2, 0.25) is 11.8 Å². The Morgan fingerprint density at radius 3 is 2.25 bits per heavy atom. The van der Waals surface area contributed by atoms with Crippen LogP contribution in [0.25, 0.3) is 0 Å². The van der Waals surface area contributed by atoms with Crippen molar-refractivity contribution >= 4 is 43.7 Å². The number of carbonyl (C=O) groups excluding carboxylic acids is 2. The Morgan fingerprint density at radius 1 is 1.21 bits per heavy atom. The van der Waals surface area contributed by atoms with E-state index < -0.39 is 57.3 Å². The Bertz CT molecular complexity index is 592. The molecule has 14 heteroatoms. The molecule has 0 fully saturated rings. The number of nitrogens with one attached hydrogen (secondary N) is 2. The van der Waals surface area contributed by atoms with Gasteiger partial charge in [-0.3, -0.25) is 19.2 Å². The van der Waals surface area contributed by atoms with Gasteiger partial charge in [-0.1, -0.05) is 0 Å². The molecule has 0 saturated carbocycles. The number of amides is 2. The average molecular weight is 386 g/mol. The molecule has 0 aromatic carbocycles. The van der Waals surface area contributed by atoms with Crippen LogP contribution in [0.5, 0.6) is 0 Å². The highest BCUT2D eigenvalue weighted by Gasteiger charge is 2.23. The summed E-state index contributed by atoms with van der Waals surface area (Å²) in [7, 11) is -4.88. The van der Waals surface area contributed by atoms with Crippen LogP contribution in [0.4, 0.5) is 0 Å². The van der Waals surface area contributed by atoms with E-state index in [0.717, 1.165) is 0 Å². The van der Waals surface area contributed by atoms with E-state index in [-0.39, 0.29) is 23.6 Å². The minimum Gasteiger partial charge on any atom is -0.739 e. The Balaban J connectivity index is 4.72. The van der Waals surface area contributed by atoms with Crippen LogP contribution < -0.4 is 16.4 Å². The third-order valence-electron chi connectivity index (χ3n) is 2.44. The van der Waals surface area contributed by atoms with Gasteiger partial charge in [0.05, 0.1) is 0 Å². The maximum absolute atomic E-state index is 11.7. The van der Waals surface area contributed by atoms with Gasteiger partial charge in [0.1, 0.15) is 27.8 Å². The zero-order valence-electron chi connectivity index (χ0n) is 12.1. The van der Waals surface area contributed by atoms with Crippen LogP contribution in [0.3, 0.4) is 0 Å². The van der Waals surface area contributed by atoms with Crippen molar-refractivity contribution in [1.29, 1.82) is 0 Å². The number of rotatable bonds is 11. The summed E-state index contributed by atoms with van der Waals surface area (Å²) in [5, 5.41) is 21.1. The molecule has 0 aliphatic heterocycles. The van der Waals surface area contributed by atoms with Crippen LogP contribution in [0.15, 0.2) is 0 Å². The summed E-state index contributed by atoms with van der Waals surface area (Å²) in [4.78, 5) is 44.3.